The average molecular weight is 154 g/mol. The summed E-state index contributed by atoms with van der Waals surface area (Å²) < 4.78 is 4.80. The van der Waals surface area contributed by atoms with Crippen molar-refractivity contribution < 1.29 is 9.53 Å². The summed E-state index contributed by atoms with van der Waals surface area (Å²) in [6, 6.07) is 0. The Morgan fingerprint density at radius 2 is 2.09 bits per heavy atom. The molecule has 2 nitrogen and oxygen atoms in total. The van der Waals surface area contributed by atoms with E-state index in [9.17, 15) is 4.79 Å². The molecule has 0 heterocycles. The molecule has 0 saturated carbocycles. The van der Waals surface area contributed by atoms with Crippen LogP contribution in [0.1, 0.15) is 38.5 Å². The first-order valence-electron chi connectivity index (χ1n) is 4.23. The highest BCUT2D eigenvalue weighted by Gasteiger charge is 2.01. The highest BCUT2D eigenvalue weighted by molar-refractivity contribution is 5.39. The van der Waals surface area contributed by atoms with Gasteiger partial charge in [0, 0.05) is 6.42 Å². The Morgan fingerprint density at radius 1 is 1.27 bits per heavy atom. The summed E-state index contributed by atoms with van der Waals surface area (Å²) in [7, 11) is 0. The molecule has 0 saturated heterocycles. The molecule has 0 N–H and O–H groups in total. The van der Waals surface area contributed by atoms with E-state index in [-0.39, 0.29) is 0 Å². The zero-order valence-electron chi connectivity index (χ0n) is 6.71. The molecular formula is C9H14O2. The summed E-state index contributed by atoms with van der Waals surface area (Å²) >= 11 is 0. The fourth-order valence-corrected chi connectivity index (χ4v) is 1.33. The number of carbonyl (C=O) groups excluding carboxylic acids is 1. The van der Waals surface area contributed by atoms with E-state index in [0.29, 0.717) is 6.47 Å². The summed E-state index contributed by atoms with van der Waals surface area (Å²) in [4.78, 5) is 10.0. The molecule has 0 unspecified atom stereocenters. The standard InChI is InChI=1S/C9H14O2/c10-8-11-9-6-4-2-1-3-5-7-9/h6,8H,1-5,7H2/b9-6+. The molecule has 1 aliphatic carbocycles. The minimum absolute atomic E-state index is 0.521. The number of ether oxygens (including phenoxy) is 1. The lowest BCUT2D eigenvalue weighted by molar-refractivity contribution is -0.125. The number of allylic oxidation sites excluding steroid dienone is 2. The van der Waals surface area contributed by atoms with Crippen LogP contribution in [-0.2, 0) is 9.53 Å². The van der Waals surface area contributed by atoms with E-state index in [4.69, 9.17) is 4.74 Å². The first-order valence-corrected chi connectivity index (χ1v) is 4.23. The highest BCUT2D eigenvalue weighted by Crippen LogP contribution is 2.16. The Morgan fingerprint density at radius 3 is 2.91 bits per heavy atom. The Balaban J connectivity index is 2.38. The molecule has 1 rings (SSSR count). The molecule has 62 valence electrons. The number of rotatable bonds is 2. The van der Waals surface area contributed by atoms with E-state index in [1.807, 2.05) is 6.08 Å². The minimum Gasteiger partial charge on any atom is -0.434 e. The summed E-state index contributed by atoms with van der Waals surface area (Å²) in [5, 5.41) is 0. The van der Waals surface area contributed by atoms with Gasteiger partial charge < -0.3 is 4.74 Å². The van der Waals surface area contributed by atoms with Gasteiger partial charge in [-0.15, -0.1) is 0 Å². The molecule has 0 radical (unpaired) electrons. The lowest BCUT2D eigenvalue weighted by Crippen LogP contribution is -1.93. The molecule has 1 aliphatic rings. The molecule has 0 bridgehead atoms. The number of hydrogen-bond acceptors (Lipinski definition) is 2. The van der Waals surface area contributed by atoms with Gasteiger partial charge in [-0.2, -0.15) is 0 Å². The Bertz CT molecular complexity index is 150. The predicted octanol–water partition coefficient (Wildman–Crippen LogP) is 2.40. The van der Waals surface area contributed by atoms with Crippen molar-refractivity contribution in [3.63, 3.8) is 0 Å². The molecule has 0 aromatic carbocycles. The third-order valence-corrected chi connectivity index (χ3v) is 1.95. The molecular weight excluding hydrogens is 140 g/mol. The maximum absolute atomic E-state index is 10.0. The van der Waals surface area contributed by atoms with E-state index in [1.165, 1.54) is 19.3 Å². The fourth-order valence-electron chi connectivity index (χ4n) is 1.33. The van der Waals surface area contributed by atoms with E-state index in [2.05, 4.69) is 0 Å². The van der Waals surface area contributed by atoms with Crippen molar-refractivity contribution in [2.45, 2.75) is 38.5 Å². The van der Waals surface area contributed by atoms with Crippen LogP contribution < -0.4 is 0 Å². The SMILES string of the molecule is O=CO/C1=C/CCCCCC1. The van der Waals surface area contributed by atoms with Gasteiger partial charge in [0.1, 0.15) is 5.76 Å². The van der Waals surface area contributed by atoms with Crippen molar-refractivity contribution in [2.24, 2.45) is 0 Å². The Labute approximate surface area is 67.2 Å². The molecule has 0 aromatic rings. The van der Waals surface area contributed by atoms with Crippen LogP contribution in [-0.4, -0.2) is 6.47 Å². The van der Waals surface area contributed by atoms with Crippen molar-refractivity contribution in [2.75, 3.05) is 0 Å². The van der Waals surface area contributed by atoms with Gasteiger partial charge in [-0.25, -0.2) is 0 Å². The maximum Gasteiger partial charge on any atom is 0.298 e. The maximum atomic E-state index is 10.0. The van der Waals surface area contributed by atoms with Gasteiger partial charge in [-0.1, -0.05) is 12.8 Å². The van der Waals surface area contributed by atoms with Crippen molar-refractivity contribution in [1.29, 1.82) is 0 Å². The third-order valence-electron chi connectivity index (χ3n) is 1.95. The molecule has 2 heteroatoms. The van der Waals surface area contributed by atoms with Crippen LogP contribution in [0.25, 0.3) is 0 Å². The normalized spacial score (nSPS) is 24.2. The van der Waals surface area contributed by atoms with Gasteiger partial charge in [0.2, 0.25) is 0 Å². The van der Waals surface area contributed by atoms with Crippen LogP contribution in [0.15, 0.2) is 11.8 Å². The van der Waals surface area contributed by atoms with Crippen LogP contribution in [0.2, 0.25) is 0 Å². The zero-order valence-corrected chi connectivity index (χ0v) is 6.71. The molecule has 0 amide bonds. The van der Waals surface area contributed by atoms with E-state index in [0.717, 1.165) is 25.0 Å². The second-order valence-corrected chi connectivity index (χ2v) is 2.84. The Hall–Kier alpha value is -0.790. The number of carbonyl (C=O) groups is 1. The topological polar surface area (TPSA) is 26.3 Å². The van der Waals surface area contributed by atoms with Gasteiger partial charge in [0.25, 0.3) is 6.47 Å². The summed E-state index contributed by atoms with van der Waals surface area (Å²) in [6.07, 6.45) is 8.98. The minimum atomic E-state index is 0.521. The van der Waals surface area contributed by atoms with Gasteiger partial charge in [-0.05, 0) is 25.3 Å². The average Bonchev–Trinajstić information content (AvgIpc) is 1.94. The van der Waals surface area contributed by atoms with E-state index in [1.54, 1.807) is 0 Å². The van der Waals surface area contributed by atoms with Crippen LogP contribution in [0.5, 0.6) is 0 Å². The molecule has 0 aliphatic heterocycles. The van der Waals surface area contributed by atoms with Crippen molar-refractivity contribution >= 4 is 6.47 Å². The van der Waals surface area contributed by atoms with Crippen LogP contribution in [0.3, 0.4) is 0 Å². The van der Waals surface area contributed by atoms with Crippen molar-refractivity contribution in [1.82, 2.24) is 0 Å². The molecule has 11 heavy (non-hydrogen) atoms. The van der Waals surface area contributed by atoms with Gasteiger partial charge >= 0.3 is 0 Å². The van der Waals surface area contributed by atoms with Crippen molar-refractivity contribution in [3.8, 4) is 0 Å². The third kappa shape index (κ3) is 3.21. The van der Waals surface area contributed by atoms with E-state index >= 15 is 0 Å². The second kappa shape index (κ2) is 4.94. The summed E-state index contributed by atoms with van der Waals surface area (Å²) in [6.45, 7) is 0.521. The second-order valence-electron chi connectivity index (χ2n) is 2.84. The zero-order chi connectivity index (χ0) is 7.94. The highest BCUT2D eigenvalue weighted by atomic mass is 16.5. The van der Waals surface area contributed by atoms with Gasteiger partial charge in [-0.3, -0.25) is 4.79 Å². The molecule has 0 fully saturated rings. The Kier molecular flexibility index (Phi) is 3.73. The first-order chi connectivity index (χ1) is 5.43. The van der Waals surface area contributed by atoms with E-state index < -0.39 is 0 Å². The summed E-state index contributed by atoms with van der Waals surface area (Å²) in [5.74, 6) is 0.861. The van der Waals surface area contributed by atoms with Crippen LogP contribution in [0, 0.1) is 0 Å². The first kappa shape index (κ1) is 8.31. The summed E-state index contributed by atoms with van der Waals surface area (Å²) in [5.41, 5.74) is 0. The molecule has 0 aromatic heterocycles. The number of hydrogen-bond donors (Lipinski definition) is 0. The smallest absolute Gasteiger partial charge is 0.298 e. The quantitative estimate of drug-likeness (QED) is 0.571. The molecule has 0 atom stereocenters. The van der Waals surface area contributed by atoms with Crippen LogP contribution >= 0.6 is 0 Å². The fraction of sp³-hybridized carbons (Fsp3) is 0.667. The van der Waals surface area contributed by atoms with Crippen molar-refractivity contribution in [3.05, 3.63) is 11.8 Å². The largest absolute Gasteiger partial charge is 0.434 e. The van der Waals surface area contributed by atoms with Gasteiger partial charge in [0.15, 0.2) is 0 Å². The predicted molar refractivity (Wildman–Crippen MR) is 42.9 cm³/mol. The lowest BCUT2D eigenvalue weighted by Gasteiger charge is -2.07. The van der Waals surface area contributed by atoms with Gasteiger partial charge in [0.05, 0.1) is 0 Å². The lowest BCUT2D eigenvalue weighted by atomic mass is 10.1. The monoisotopic (exact) mass is 154 g/mol. The van der Waals surface area contributed by atoms with Crippen LogP contribution in [0.4, 0.5) is 0 Å². The molecule has 0 spiro atoms.